The van der Waals surface area contributed by atoms with Crippen LogP contribution in [-0.2, 0) is 6.54 Å². The van der Waals surface area contributed by atoms with Crippen LogP contribution in [0.4, 0.5) is 5.69 Å². The van der Waals surface area contributed by atoms with Crippen molar-refractivity contribution in [2.24, 2.45) is 0 Å². The largest absolute Gasteiger partial charge is 0.506 e. The fraction of sp³-hybridized carbons (Fsp3) is 0.200. The van der Waals surface area contributed by atoms with Gasteiger partial charge in [-0.25, -0.2) is 0 Å². The summed E-state index contributed by atoms with van der Waals surface area (Å²) in [4.78, 5) is 6.46. The average Bonchev–Trinajstić information content (AvgIpc) is 3.28. The summed E-state index contributed by atoms with van der Waals surface area (Å²) < 4.78 is 2.17. The minimum Gasteiger partial charge on any atom is -0.506 e. The number of anilines is 1. The van der Waals surface area contributed by atoms with Gasteiger partial charge in [-0.3, -0.25) is 4.98 Å². The first-order valence-electron chi connectivity index (χ1n) is 8.74. The van der Waals surface area contributed by atoms with E-state index in [1.54, 1.807) is 24.4 Å². The van der Waals surface area contributed by atoms with Crippen molar-refractivity contribution in [3.63, 3.8) is 0 Å². The maximum atomic E-state index is 10.5. The van der Waals surface area contributed by atoms with E-state index >= 15 is 0 Å². The number of nitrogens with zero attached hydrogens (tertiary/aromatic N) is 3. The van der Waals surface area contributed by atoms with Crippen LogP contribution in [0.1, 0.15) is 30.4 Å². The van der Waals surface area contributed by atoms with Crippen LogP contribution in [0.3, 0.4) is 0 Å². The third kappa shape index (κ3) is 3.15. The van der Waals surface area contributed by atoms with Gasteiger partial charge < -0.3 is 19.9 Å². The molecule has 0 bridgehead atoms. The average molecular weight is 399 g/mol. The van der Waals surface area contributed by atoms with Crippen LogP contribution in [0.25, 0.3) is 0 Å². The number of hydrogen-bond acceptors (Lipinski definition) is 3. The van der Waals surface area contributed by atoms with Crippen molar-refractivity contribution in [1.29, 1.82) is 0 Å². The Morgan fingerprint density at radius 2 is 2.07 bits per heavy atom. The number of phenolic OH excluding ortho intramolecular Hbond substituents is 1. The SMILES string of the molecule is CCn1cccc1[C@H]1[C@@H](c2ccccn2)NC(=S)N1c1cc(Cl)ccc1O. The molecule has 27 heavy (non-hydrogen) atoms. The van der Waals surface area contributed by atoms with E-state index in [1.165, 1.54) is 0 Å². The van der Waals surface area contributed by atoms with Gasteiger partial charge in [-0.2, -0.15) is 0 Å². The third-order valence-corrected chi connectivity index (χ3v) is 5.35. The third-order valence-electron chi connectivity index (χ3n) is 4.80. The van der Waals surface area contributed by atoms with Crippen molar-refractivity contribution in [3.8, 4) is 5.75 Å². The van der Waals surface area contributed by atoms with Crippen molar-refractivity contribution in [1.82, 2.24) is 14.9 Å². The lowest BCUT2D eigenvalue weighted by Gasteiger charge is -2.29. The summed E-state index contributed by atoms with van der Waals surface area (Å²) in [5, 5.41) is 14.9. The smallest absolute Gasteiger partial charge is 0.174 e. The summed E-state index contributed by atoms with van der Waals surface area (Å²) in [7, 11) is 0. The molecule has 2 aromatic heterocycles. The van der Waals surface area contributed by atoms with Crippen molar-refractivity contribution in [3.05, 3.63) is 77.3 Å². The summed E-state index contributed by atoms with van der Waals surface area (Å²) in [6.07, 6.45) is 3.82. The van der Waals surface area contributed by atoms with Gasteiger partial charge in [-0.1, -0.05) is 17.7 Å². The molecule has 138 valence electrons. The number of thiocarbonyl (C=S) groups is 1. The van der Waals surface area contributed by atoms with Crippen LogP contribution in [0.5, 0.6) is 5.75 Å². The number of aromatic nitrogens is 2. The number of rotatable bonds is 4. The van der Waals surface area contributed by atoms with Crippen LogP contribution in [0.2, 0.25) is 5.02 Å². The van der Waals surface area contributed by atoms with Gasteiger partial charge in [-0.15, -0.1) is 0 Å². The molecule has 0 aliphatic carbocycles. The lowest BCUT2D eigenvalue weighted by atomic mass is 10.0. The summed E-state index contributed by atoms with van der Waals surface area (Å²) in [6.45, 7) is 2.93. The molecule has 1 fully saturated rings. The summed E-state index contributed by atoms with van der Waals surface area (Å²) >= 11 is 11.9. The Bertz CT molecular complexity index is 975. The van der Waals surface area contributed by atoms with Crippen molar-refractivity contribution < 1.29 is 5.11 Å². The molecular weight excluding hydrogens is 380 g/mol. The number of aryl methyl sites for hydroxylation is 1. The van der Waals surface area contributed by atoms with E-state index in [0.717, 1.165) is 17.9 Å². The maximum Gasteiger partial charge on any atom is 0.174 e. The van der Waals surface area contributed by atoms with E-state index in [1.807, 2.05) is 35.4 Å². The lowest BCUT2D eigenvalue weighted by molar-refractivity contribution is 0.470. The van der Waals surface area contributed by atoms with Gasteiger partial charge >= 0.3 is 0 Å². The Labute approximate surface area is 168 Å². The lowest BCUT2D eigenvalue weighted by Crippen LogP contribution is -2.30. The Balaban J connectivity index is 1.89. The van der Waals surface area contributed by atoms with Gasteiger partial charge in [0.15, 0.2) is 5.11 Å². The molecule has 3 aromatic rings. The first kappa shape index (κ1) is 17.8. The van der Waals surface area contributed by atoms with Crippen LogP contribution in [0, 0.1) is 0 Å². The molecule has 0 amide bonds. The van der Waals surface area contributed by atoms with Crippen molar-refractivity contribution >= 4 is 34.6 Å². The Morgan fingerprint density at radius 3 is 2.81 bits per heavy atom. The fourth-order valence-electron chi connectivity index (χ4n) is 3.59. The molecule has 0 unspecified atom stereocenters. The maximum absolute atomic E-state index is 10.5. The van der Waals surface area contributed by atoms with Crippen LogP contribution in [-0.4, -0.2) is 19.8 Å². The zero-order valence-electron chi connectivity index (χ0n) is 14.7. The predicted molar refractivity (Wildman–Crippen MR) is 111 cm³/mol. The van der Waals surface area contributed by atoms with Crippen LogP contribution < -0.4 is 10.2 Å². The predicted octanol–water partition coefficient (Wildman–Crippen LogP) is 4.44. The number of hydrogen-bond donors (Lipinski definition) is 2. The van der Waals surface area contributed by atoms with Crippen molar-refractivity contribution in [2.45, 2.75) is 25.6 Å². The molecule has 1 aromatic carbocycles. The van der Waals surface area contributed by atoms with Gasteiger partial charge in [0, 0.05) is 29.7 Å². The minimum absolute atomic E-state index is 0.129. The zero-order valence-corrected chi connectivity index (χ0v) is 16.3. The molecule has 1 aliphatic heterocycles. The molecule has 7 heteroatoms. The standard InChI is InChI=1S/C20H19ClN4OS/c1-2-24-11-5-7-15(24)19-18(14-6-3-4-10-22-14)23-20(27)25(19)16-12-13(21)8-9-17(16)26/h3-12,18-19,26H,2H2,1H3,(H,23,27)/t18-,19+/m1/s1. The van der Waals surface area contributed by atoms with E-state index in [0.29, 0.717) is 15.8 Å². The van der Waals surface area contributed by atoms with Gasteiger partial charge in [0.25, 0.3) is 0 Å². The molecule has 0 spiro atoms. The number of halogens is 1. The Morgan fingerprint density at radius 1 is 1.22 bits per heavy atom. The number of benzene rings is 1. The zero-order chi connectivity index (χ0) is 19.0. The normalized spacial score (nSPS) is 19.3. The van der Waals surface area contributed by atoms with E-state index in [9.17, 15) is 5.11 Å². The fourth-order valence-corrected chi connectivity index (χ4v) is 4.09. The topological polar surface area (TPSA) is 53.3 Å². The Kier molecular flexibility index (Phi) is 4.76. The molecule has 1 aliphatic rings. The molecule has 0 saturated carbocycles. The van der Waals surface area contributed by atoms with Gasteiger partial charge in [0.2, 0.25) is 0 Å². The molecule has 5 nitrogen and oxygen atoms in total. The number of pyridine rings is 1. The number of aromatic hydroxyl groups is 1. The molecule has 3 heterocycles. The van der Waals surface area contributed by atoms with E-state index < -0.39 is 0 Å². The monoisotopic (exact) mass is 398 g/mol. The van der Waals surface area contributed by atoms with Crippen molar-refractivity contribution in [2.75, 3.05) is 4.90 Å². The summed E-state index contributed by atoms with van der Waals surface area (Å²) in [5.74, 6) is 0.129. The molecule has 1 saturated heterocycles. The summed E-state index contributed by atoms with van der Waals surface area (Å²) in [6, 6.07) is 14.6. The van der Waals surface area contributed by atoms with Crippen LogP contribution in [0.15, 0.2) is 60.9 Å². The van der Waals surface area contributed by atoms with Gasteiger partial charge in [0.05, 0.1) is 17.4 Å². The molecule has 2 N–H and O–H groups in total. The number of nitrogens with one attached hydrogen (secondary N) is 1. The van der Waals surface area contributed by atoms with E-state index in [4.69, 9.17) is 23.8 Å². The quantitative estimate of drug-likeness (QED) is 0.636. The number of phenols is 1. The second kappa shape index (κ2) is 7.21. The highest BCUT2D eigenvalue weighted by molar-refractivity contribution is 7.80. The van der Waals surface area contributed by atoms with Gasteiger partial charge in [0.1, 0.15) is 11.8 Å². The minimum atomic E-state index is -0.174. The molecule has 0 radical (unpaired) electrons. The first-order chi connectivity index (χ1) is 13.1. The first-order valence-corrected chi connectivity index (χ1v) is 9.53. The Hall–Kier alpha value is -2.57. The second-order valence-electron chi connectivity index (χ2n) is 6.35. The van der Waals surface area contributed by atoms with Gasteiger partial charge in [-0.05, 0) is 61.6 Å². The van der Waals surface area contributed by atoms with Crippen LogP contribution >= 0.6 is 23.8 Å². The highest BCUT2D eigenvalue weighted by Crippen LogP contribution is 2.44. The second-order valence-corrected chi connectivity index (χ2v) is 7.17. The molecule has 4 rings (SSSR count). The highest BCUT2D eigenvalue weighted by atomic mass is 35.5. The van der Waals surface area contributed by atoms with E-state index in [-0.39, 0.29) is 17.8 Å². The highest BCUT2D eigenvalue weighted by Gasteiger charge is 2.42. The molecular formula is C20H19ClN4OS. The van der Waals surface area contributed by atoms with E-state index in [2.05, 4.69) is 27.9 Å². The summed E-state index contributed by atoms with van der Waals surface area (Å²) in [5.41, 5.74) is 2.55. The molecule has 2 atom stereocenters.